The first-order chi connectivity index (χ1) is 21.0. The monoisotopic (exact) mass is 633 g/mol. The number of hydrogen-bond donors (Lipinski definition) is 3. The Morgan fingerprint density at radius 2 is 1.23 bits per heavy atom. The van der Waals surface area contributed by atoms with Crippen molar-refractivity contribution in [2.24, 2.45) is 20.5 Å². The molecule has 0 aromatic heterocycles. The van der Waals surface area contributed by atoms with E-state index in [4.69, 9.17) is 17.4 Å². The molecule has 3 N–H and O–H groups in total. The summed E-state index contributed by atoms with van der Waals surface area (Å²) in [5.41, 5.74) is 2.69. The molecule has 5 aromatic rings. The summed E-state index contributed by atoms with van der Waals surface area (Å²) in [5, 5.41) is 31.2. The molecule has 0 aliphatic rings. The van der Waals surface area contributed by atoms with Crippen LogP contribution in [0.5, 0.6) is 11.5 Å². The zero-order chi connectivity index (χ0) is 31.7. The summed E-state index contributed by atoms with van der Waals surface area (Å²) >= 11 is 0. The molecule has 44 heavy (non-hydrogen) atoms. The average molecular weight is 634 g/mol. The van der Waals surface area contributed by atoms with Crippen LogP contribution in [-0.4, -0.2) is 37.8 Å². The lowest BCUT2D eigenvalue weighted by atomic mass is 10.1. The summed E-state index contributed by atoms with van der Waals surface area (Å²) in [7, 11) is -6.28. The highest BCUT2D eigenvalue weighted by atomic mass is 32.2. The smallest absolute Gasteiger partial charge is 0.425 e. The zero-order valence-corrected chi connectivity index (χ0v) is 24.4. The van der Waals surface area contributed by atoms with Crippen LogP contribution in [0.25, 0.3) is 10.8 Å². The molecule has 0 saturated heterocycles. The third-order valence-corrected chi connectivity index (χ3v) is 6.73. The minimum atomic E-state index is -4.75. The minimum absolute atomic E-state index is 0.332. The van der Waals surface area contributed by atoms with Gasteiger partial charge < -0.3 is 15.2 Å². The molecule has 0 fully saturated rings. The number of fused-ring (bicyclic) bond motifs is 1. The maximum atomic E-state index is 12.2. The summed E-state index contributed by atoms with van der Waals surface area (Å²) in [4.78, 5) is -0.573. The van der Waals surface area contributed by atoms with Gasteiger partial charge in [0.1, 0.15) is 16.3 Å². The van der Waals surface area contributed by atoms with Crippen molar-refractivity contribution in [3.63, 3.8) is 0 Å². The molecule has 0 heterocycles. The normalized spacial score (nSPS) is 11.3. The molecule has 15 heteroatoms. The predicted octanol–water partition coefficient (Wildman–Crippen LogP) is 7.37. The molecule has 0 unspecified atom stereocenters. The van der Waals surface area contributed by atoms with Gasteiger partial charge in [-0.3, -0.25) is 4.55 Å². The van der Waals surface area contributed by atoms with Crippen LogP contribution in [0.15, 0.2) is 128 Å². The first kappa shape index (κ1) is 31.4. The SMILES string of the molecule is COc1ccc(Nc2ccc3c(O)c(N=Nc4ccc(N=Nc5ccccc5)cc4)c(S(=O)(=O)O)cc3c2)cc1.O=S(=O)=O. The lowest BCUT2D eigenvalue weighted by Crippen LogP contribution is -1.99. The summed E-state index contributed by atoms with van der Waals surface area (Å²) in [6, 6.07) is 29.3. The maximum Gasteiger partial charge on any atom is 0.425 e. The van der Waals surface area contributed by atoms with Crippen molar-refractivity contribution >= 4 is 65.6 Å². The Balaban J connectivity index is 0.00000104. The second-order valence-electron chi connectivity index (χ2n) is 8.79. The van der Waals surface area contributed by atoms with Crippen LogP contribution in [0.2, 0.25) is 0 Å². The van der Waals surface area contributed by atoms with Gasteiger partial charge in [0.2, 0.25) is 0 Å². The van der Waals surface area contributed by atoms with E-state index in [-0.39, 0.29) is 5.69 Å². The second-order valence-corrected chi connectivity index (χ2v) is 10.6. The number of hydrogen-bond acceptors (Lipinski definition) is 12. The van der Waals surface area contributed by atoms with Gasteiger partial charge in [0, 0.05) is 16.8 Å². The molecule has 0 aliphatic heterocycles. The molecule has 13 nitrogen and oxygen atoms in total. The van der Waals surface area contributed by atoms with Gasteiger partial charge in [-0.1, -0.05) is 18.2 Å². The highest BCUT2D eigenvalue weighted by Crippen LogP contribution is 2.42. The molecule has 0 amide bonds. The van der Waals surface area contributed by atoms with Crippen molar-refractivity contribution in [2.75, 3.05) is 12.4 Å². The number of nitrogens with one attached hydrogen (secondary N) is 1. The summed E-state index contributed by atoms with van der Waals surface area (Å²) in [6.07, 6.45) is 0. The Hall–Kier alpha value is -5.51. The van der Waals surface area contributed by atoms with E-state index in [2.05, 4.69) is 25.8 Å². The fraction of sp³-hybridized carbons (Fsp3) is 0.0345. The first-order valence-electron chi connectivity index (χ1n) is 12.5. The molecular formula is C29H23N5O8S2. The van der Waals surface area contributed by atoms with Crippen molar-refractivity contribution in [2.45, 2.75) is 4.90 Å². The number of aromatic hydroxyl groups is 1. The van der Waals surface area contributed by atoms with Crippen molar-refractivity contribution in [1.29, 1.82) is 0 Å². The molecular weight excluding hydrogens is 610 g/mol. The van der Waals surface area contributed by atoms with Crippen LogP contribution in [0.1, 0.15) is 0 Å². The van der Waals surface area contributed by atoms with Gasteiger partial charge in [-0.2, -0.15) is 23.8 Å². The highest BCUT2D eigenvalue weighted by Gasteiger charge is 2.22. The summed E-state index contributed by atoms with van der Waals surface area (Å²) < 4.78 is 64.8. The van der Waals surface area contributed by atoms with E-state index < -0.39 is 31.4 Å². The van der Waals surface area contributed by atoms with Crippen LogP contribution in [0.4, 0.5) is 34.1 Å². The number of methoxy groups -OCH3 is 1. The third kappa shape index (κ3) is 8.51. The number of phenolic OH excluding ortho intramolecular Hbond substituents is 1. The van der Waals surface area contributed by atoms with E-state index in [1.807, 2.05) is 42.5 Å². The number of anilines is 2. The van der Waals surface area contributed by atoms with Gasteiger partial charge in [0.15, 0.2) is 5.75 Å². The zero-order valence-electron chi connectivity index (χ0n) is 22.8. The lowest BCUT2D eigenvalue weighted by Gasteiger charge is -2.12. The second kappa shape index (κ2) is 14.1. The van der Waals surface area contributed by atoms with Crippen molar-refractivity contribution in [3.8, 4) is 11.5 Å². The average Bonchev–Trinajstić information content (AvgIpc) is 3.00. The van der Waals surface area contributed by atoms with Crippen LogP contribution in [0.3, 0.4) is 0 Å². The molecule has 0 radical (unpaired) electrons. The van der Waals surface area contributed by atoms with Gasteiger partial charge in [0.05, 0.1) is 24.2 Å². The van der Waals surface area contributed by atoms with Gasteiger partial charge in [-0.25, -0.2) is 0 Å². The number of rotatable bonds is 8. The van der Waals surface area contributed by atoms with E-state index in [9.17, 15) is 18.1 Å². The fourth-order valence-electron chi connectivity index (χ4n) is 3.87. The Morgan fingerprint density at radius 3 is 1.77 bits per heavy atom. The van der Waals surface area contributed by atoms with Crippen LogP contribution in [-0.2, 0) is 20.7 Å². The Kier molecular flexibility index (Phi) is 10.1. The highest BCUT2D eigenvalue weighted by molar-refractivity contribution is 7.86. The molecule has 0 bridgehead atoms. The largest absolute Gasteiger partial charge is 0.505 e. The summed E-state index contributed by atoms with van der Waals surface area (Å²) in [5.74, 6) is 0.274. The molecule has 5 rings (SSSR count). The lowest BCUT2D eigenvalue weighted by molar-refractivity contribution is 0.415. The van der Waals surface area contributed by atoms with E-state index in [1.54, 1.807) is 61.7 Å². The van der Waals surface area contributed by atoms with Gasteiger partial charge in [-0.15, -0.1) is 17.7 Å². The molecule has 224 valence electrons. The van der Waals surface area contributed by atoms with Gasteiger partial charge in [0.25, 0.3) is 10.1 Å². The Bertz CT molecular complexity index is 2050. The van der Waals surface area contributed by atoms with Crippen LogP contribution < -0.4 is 10.1 Å². The van der Waals surface area contributed by atoms with Crippen molar-refractivity contribution in [3.05, 3.63) is 103 Å². The third-order valence-electron chi connectivity index (χ3n) is 5.86. The Morgan fingerprint density at radius 1 is 0.705 bits per heavy atom. The predicted molar refractivity (Wildman–Crippen MR) is 163 cm³/mol. The van der Waals surface area contributed by atoms with E-state index in [0.717, 1.165) is 5.69 Å². The molecule has 0 spiro atoms. The fourth-order valence-corrected chi connectivity index (χ4v) is 4.53. The minimum Gasteiger partial charge on any atom is -0.505 e. The van der Waals surface area contributed by atoms with Crippen LogP contribution in [0, 0.1) is 0 Å². The maximum absolute atomic E-state index is 12.2. The number of benzene rings is 5. The van der Waals surface area contributed by atoms with E-state index in [0.29, 0.717) is 39.3 Å². The topological polar surface area (TPSA) is 197 Å². The standard InChI is InChI=1S/C29H23N5O5S.O3S/c1-39-25-14-11-20(12-15-25)30-24-13-16-26-19(17-24)18-27(40(36,37)38)28(29(26)35)34-33-23-9-7-22(8-10-23)32-31-21-5-3-2-4-6-21;1-4(2)3/h2-18,30,35H,1H3,(H,36,37,38);. The van der Waals surface area contributed by atoms with Gasteiger partial charge in [-0.05, 0) is 90.3 Å². The number of ether oxygens (including phenoxy) is 1. The van der Waals surface area contributed by atoms with Crippen molar-refractivity contribution in [1.82, 2.24) is 0 Å². The van der Waals surface area contributed by atoms with Crippen molar-refractivity contribution < 1.29 is 35.4 Å². The number of azo groups is 2. The van der Waals surface area contributed by atoms with Gasteiger partial charge >= 0.3 is 10.6 Å². The molecule has 0 atom stereocenters. The number of nitrogens with zero attached hydrogens (tertiary/aromatic N) is 4. The van der Waals surface area contributed by atoms with E-state index in [1.165, 1.54) is 6.07 Å². The number of phenols is 1. The Labute approximate surface area is 253 Å². The summed E-state index contributed by atoms with van der Waals surface area (Å²) in [6.45, 7) is 0. The van der Waals surface area contributed by atoms with E-state index >= 15 is 0 Å². The molecule has 0 saturated carbocycles. The quantitative estimate of drug-likeness (QED) is 0.115. The molecule has 5 aromatic carbocycles. The first-order valence-corrected chi connectivity index (χ1v) is 14.9. The van der Waals surface area contributed by atoms with Crippen LogP contribution >= 0.6 is 0 Å². The molecule has 0 aliphatic carbocycles.